The zero-order valence-electron chi connectivity index (χ0n) is 7.95. The molecule has 2 nitrogen and oxygen atoms in total. The lowest BCUT2D eigenvalue weighted by Crippen LogP contribution is -2.38. The van der Waals surface area contributed by atoms with Crippen LogP contribution in [-0.4, -0.2) is 29.2 Å². The van der Waals surface area contributed by atoms with E-state index < -0.39 is 0 Å². The van der Waals surface area contributed by atoms with Crippen LogP contribution in [0.4, 0.5) is 0 Å². The summed E-state index contributed by atoms with van der Waals surface area (Å²) in [6.07, 6.45) is 6.29. The van der Waals surface area contributed by atoms with Crippen molar-refractivity contribution in [2.24, 2.45) is 0 Å². The first-order valence-electron chi connectivity index (χ1n) is 4.71. The second kappa shape index (κ2) is 5.81. The van der Waals surface area contributed by atoms with E-state index in [1.54, 1.807) is 0 Å². The summed E-state index contributed by atoms with van der Waals surface area (Å²) in [7, 11) is 0. The highest BCUT2D eigenvalue weighted by Gasteiger charge is 2.27. The predicted molar refractivity (Wildman–Crippen MR) is 61.6 cm³/mol. The van der Waals surface area contributed by atoms with Crippen LogP contribution in [-0.2, 0) is 4.79 Å². The van der Waals surface area contributed by atoms with Gasteiger partial charge in [0.1, 0.15) is 0 Å². The second-order valence-electron chi connectivity index (χ2n) is 3.35. The fraction of sp³-hybridized carbons (Fsp3) is 0.889. The fourth-order valence-corrected chi connectivity index (χ4v) is 2.89. The molecule has 1 N–H and O–H groups in total. The third kappa shape index (κ3) is 3.43. The minimum Gasteiger partial charge on any atom is -0.352 e. The molecule has 1 rings (SSSR count). The van der Waals surface area contributed by atoms with Gasteiger partial charge in [0, 0.05) is 17.7 Å². The molecule has 1 aliphatic rings. The molecule has 0 aromatic carbocycles. The molecule has 0 saturated heterocycles. The Hall–Kier alpha value is 0.170. The molecule has 1 saturated carbocycles. The number of rotatable bonds is 4. The lowest BCUT2D eigenvalue weighted by molar-refractivity contribution is -0.121. The number of hydrogen-bond acceptors (Lipinski definition) is 3. The van der Waals surface area contributed by atoms with Gasteiger partial charge in [-0.15, -0.1) is 0 Å². The molecule has 0 aromatic heterocycles. The van der Waals surface area contributed by atoms with Crippen molar-refractivity contribution in [3.8, 4) is 0 Å². The maximum atomic E-state index is 11.3. The number of thioether (sulfide) groups is 1. The number of thiol groups is 1. The largest absolute Gasteiger partial charge is 0.352 e. The summed E-state index contributed by atoms with van der Waals surface area (Å²) in [5.41, 5.74) is 0. The third-order valence-electron chi connectivity index (χ3n) is 2.44. The van der Waals surface area contributed by atoms with Gasteiger partial charge in [-0.3, -0.25) is 4.79 Å². The van der Waals surface area contributed by atoms with E-state index in [1.165, 1.54) is 12.8 Å². The summed E-state index contributed by atoms with van der Waals surface area (Å²) in [4.78, 5) is 11.3. The highest BCUT2D eigenvalue weighted by Crippen LogP contribution is 2.28. The Morgan fingerprint density at radius 2 is 2.38 bits per heavy atom. The summed E-state index contributed by atoms with van der Waals surface area (Å²) in [5.74, 6) is 0.795. The van der Waals surface area contributed by atoms with Gasteiger partial charge in [0.2, 0.25) is 5.91 Å². The molecular weight excluding hydrogens is 202 g/mol. The maximum Gasteiger partial charge on any atom is 0.221 e. The Bertz CT molecular complexity index is 175. The zero-order chi connectivity index (χ0) is 9.68. The highest BCUT2D eigenvalue weighted by molar-refractivity contribution is 7.99. The SMILES string of the molecule is CSC1CCCC1NC(=O)CCS. The zero-order valence-corrected chi connectivity index (χ0v) is 9.66. The van der Waals surface area contributed by atoms with Crippen LogP contribution in [0.25, 0.3) is 0 Å². The van der Waals surface area contributed by atoms with Crippen molar-refractivity contribution in [3.05, 3.63) is 0 Å². The molecule has 0 aromatic rings. The first-order valence-corrected chi connectivity index (χ1v) is 6.63. The van der Waals surface area contributed by atoms with E-state index in [1.807, 2.05) is 11.8 Å². The van der Waals surface area contributed by atoms with Crippen LogP contribution < -0.4 is 5.32 Å². The molecule has 2 unspecified atom stereocenters. The quantitative estimate of drug-likeness (QED) is 0.705. The van der Waals surface area contributed by atoms with Gasteiger partial charge in [-0.2, -0.15) is 24.4 Å². The molecule has 76 valence electrons. The number of nitrogens with one attached hydrogen (secondary N) is 1. The molecule has 0 spiro atoms. The smallest absolute Gasteiger partial charge is 0.221 e. The normalized spacial score (nSPS) is 27.5. The summed E-state index contributed by atoms with van der Waals surface area (Å²) < 4.78 is 0. The predicted octanol–water partition coefficient (Wildman–Crippen LogP) is 1.71. The van der Waals surface area contributed by atoms with Gasteiger partial charge in [-0.05, 0) is 24.9 Å². The molecule has 13 heavy (non-hydrogen) atoms. The number of hydrogen-bond donors (Lipinski definition) is 2. The van der Waals surface area contributed by atoms with Crippen molar-refractivity contribution in [1.29, 1.82) is 0 Å². The van der Waals surface area contributed by atoms with Gasteiger partial charge in [-0.25, -0.2) is 0 Å². The van der Waals surface area contributed by atoms with Crippen molar-refractivity contribution in [2.45, 2.75) is 37.0 Å². The van der Waals surface area contributed by atoms with Gasteiger partial charge >= 0.3 is 0 Å². The molecule has 0 bridgehead atoms. The Morgan fingerprint density at radius 1 is 1.62 bits per heavy atom. The maximum absolute atomic E-state index is 11.3. The molecule has 0 radical (unpaired) electrons. The number of carbonyl (C=O) groups excluding carboxylic acids is 1. The Kier molecular flexibility index (Phi) is 5.02. The Balaban J connectivity index is 2.30. The average Bonchev–Trinajstić information content (AvgIpc) is 2.52. The van der Waals surface area contributed by atoms with Crippen molar-refractivity contribution >= 4 is 30.3 Å². The molecule has 1 aliphatic carbocycles. The molecule has 1 amide bonds. The van der Waals surface area contributed by atoms with E-state index in [0.29, 0.717) is 23.5 Å². The average molecular weight is 219 g/mol. The lowest BCUT2D eigenvalue weighted by atomic mass is 10.2. The molecule has 0 heterocycles. The molecule has 0 aliphatic heterocycles. The van der Waals surface area contributed by atoms with Crippen molar-refractivity contribution in [3.63, 3.8) is 0 Å². The molecule has 4 heteroatoms. The summed E-state index contributed by atoms with van der Waals surface area (Å²) in [5, 5.41) is 3.70. The van der Waals surface area contributed by atoms with Crippen LogP contribution in [0.5, 0.6) is 0 Å². The third-order valence-corrected chi connectivity index (χ3v) is 3.83. The fourth-order valence-electron chi connectivity index (χ4n) is 1.75. The van der Waals surface area contributed by atoms with Crippen molar-refractivity contribution in [1.82, 2.24) is 5.32 Å². The van der Waals surface area contributed by atoms with Crippen LogP contribution in [0.3, 0.4) is 0 Å². The van der Waals surface area contributed by atoms with Crippen molar-refractivity contribution in [2.75, 3.05) is 12.0 Å². The van der Waals surface area contributed by atoms with E-state index in [9.17, 15) is 4.79 Å². The van der Waals surface area contributed by atoms with E-state index >= 15 is 0 Å². The van der Waals surface area contributed by atoms with Gasteiger partial charge in [-0.1, -0.05) is 6.42 Å². The van der Waals surface area contributed by atoms with E-state index in [4.69, 9.17) is 0 Å². The number of amides is 1. The summed E-state index contributed by atoms with van der Waals surface area (Å²) in [6.45, 7) is 0. The minimum absolute atomic E-state index is 0.154. The summed E-state index contributed by atoms with van der Waals surface area (Å²) >= 11 is 5.90. The molecule has 2 atom stereocenters. The summed E-state index contributed by atoms with van der Waals surface area (Å²) in [6, 6.07) is 0.405. The van der Waals surface area contributed by atoms with Crippen LogP contribution in [0.15, 0.2) is 0 Å². The second-order valence-corrected chi connectivity index (χ2v) is 4.88. The van der Waals surface area contributed by atoms with Gasteiger partial charge in [0.05, 0.1) is 0 Å². The van der Waals surface area contributed by atoms with Crippen LogP contribution in [0, 0.1) is 0 Å². The first-order chi connectivity index (χ1) is 6.27. The lowest BCUT2D eigenvalue weighted by Gasteiger charge is -2.18. The van der Waals surface area contributed by atoms with Gasteiger partial charge < -0.3 is 5.32 Å². The van der Waals surface area contributed by atoms with Crippen LogP contribution in [0.1, 0.15) is 25.7 Å². The van der Waals surface area contributed by atoms with E-state index in [0.717, 1.165) is 6.42 Å². The van der Waals surface area contributed by atoms with Crippen LogP contribution in [0.2, 0.25) is 0 Å². The minimum atomic E-state index is 0.154. The van der Waals surface area contributed by atoms with Gasteiger partial charge in [0.25, 0.3) is 0 Å². The first kappa shape index (κ1) is 11.2. The Labute approximate surface area is 89.6 Å². The number of carbonyl (C=O) groups is 1. The molecular formula is C9H17NOS2. The van der Waals surface area contributed by atoms with E-state index in [-0.39, 0.29) is 5.91 Å². The highest BCUT2D eigenvalue weighted by atomic mass is 32.2. The van der Waals surface area contributed by atoms with Crippen LogP contribution >= 0.6 is 24.4 Å². The standard InChI is InChI=1S/C9H17NOS2/c1-13-8-4-2-3-7(8)10-9(11)5-6-12/h7-8,12H,2-6H2,1H3,(H,10,11). The monoisotopic (exact) mass is 219 g/mol. The molecule has 1 fully saturated rings. The van der Waals surface area contributed by atoms with Gasteiger partial charge in [0.15, 0.2) is 0 Å². The topological polar surface area (TPSA) is 29.1 Å². The Morgan fingerprint density at radius 3 is 3.00 bits per heavy atom. The van der Waals surface area contributed by atoms with Crippen molar-refractivity contribution < 1.29 is 4.79 Å². The van der Waals surface area contributed by atoms with E-state index in [2.05, 4.69) is 24.2 Å².